The Labute approximate surface area is 121 Å². The summed E-state index contributed by atoms with van der Waals surface area (Å²) in [4.78, 5) is 15.7. The Kier molecular flexibility index (Phi) is 3.40. The standard InChI is InChI=1S/C14H15ClN2O3/c1-8-4-9(14(18)19)5-11-13(8)16-12(6-15)17(11)7-10-2-3-20-10/h4-5,10H,2-3,6-7H2,1H3,(H,18,19)/t10-/m0/s1. The topological polar surface area (TPSA) is 64.3 Å². The molecular formula is C14H15ClN2O3. The molecule has 0 saturated carbocycles. The molecule has 1 saturated heterocycles. The number of fused-ring (bicyclic) bond motifs is 1. The number of carboxylic acid groups (broad SMARTS) is 1. The zero-order valence-electron chi connectivity index (χ0n) is 11.1. The number of halogens is 1. The summed E-state index contributed by atoms with van der Waals surface area (Å²) in [5.41, 5.74) is 2.74. The fraction of sp³-hybridized carbons (Fsp3) is 0.429. The number of alkyl halides is 1. The normalized spacial score (nSPS) is 18.2. The molecule has 0 unspecified atom stereocenters. The lowest BCUT2D eigenvalue weighted by molar-refractivity contribution is -0.0589. The number of hydrogen-bond acceptors (Lipinski definition) is 3. The highest BCUT2D eigenvalue weighted by Gasteiger charge is 2.22. The predicted octanol–water partition coefficient (Wildman–Crippen LogP) is 2.57. The molecule has 2 aromatic rings. The largest absolute Gasteiger partial charge is 0.478 e. The number of carbonyl (C=O) groups is 1. The van der Waals surface area contributed by atoms with Crippen LogP contribution in [0.15, 0.2) is 12.1 Å². The van der Waals surface area contributed by atoms with Gasteiger partial charge in [-0.2, -0.15) is 0 Å². The van der Waals surface area contributed by atoms with Gasteiger partial charge in [-0.3, -0.25) is 0 Å². The molecule has 0 radical (unpaired) electrons. The van der Waals surface area contributed by atoms with Crippen LogP contribution in [0, 0.1) is 6.92 Å². The Morgan fingerprint density at radius 3 is 2.90 bits per heavy atom. The van der Waals surface area contributed by atoms with Gasteiger partial charge < -0.3 is 14.4 Å². The highest BCUT2D eigenvalue weighted by atomic mass is 35.5. The first-order valence-electron chi connectivity index (χ1n) is 6.50. The zero-order valence-corrected chi connectivity index (χ0v) is 11.9. The molecule has 5 nitrogen and oxygen atoms in total. The molecule has 3 rings (SSSR count). The number of hydrogen-bond donors (Lipinski definition) is 1. The monoisotopic (exact) mass is 294 g/mol. The Morgan fingerprint density at radius 1 is 1.60 bits per heavy atom. The van der Waals surface area contributed by atoms with Crippen LogP contribution < -0.4 is 0 Å². The quantitative estimate of drug-likeness (QED) is 0.880. The van der Waals surface area contributed by atoms with Crippen molar-refractivity contribution in [2.75, 3.05) is 6.61 Å². The molecule has 1 N–H and O–H groups in total. The van der Waals surface area contributed by atoms with Crippen LogP contribution in [0.25, 0.3) is 11.0 Å². The van der Waals surface area contributed by atoms with Crippen molar-refractivity contribution in [3.8, 4) is 0 Å². The number of carboxylic acids is 1. The first kappa shape index (κ1) is 13.4. The SMILES string of the molecule is Cc1cc(C(=O)O)cc2c1nc(CCl)n2C[C@@H]1CCO1. The van der Waals surface area contributed by atoms with E-state index in [9.17, 15) is 9.90 Å². The van der Waals surface area contributed by atoms with Crippen molar-refractivity contribution in [1.29, 1.82) is 0 Å². The molecule has 0 amide bonds. The minimum Gasteiger partial charge on any atom is -0.478 e. The van der Waals surface area contributed by atoms with E-state index < -0.39 is 5.97 Å². The van der Waals surface area contributed by atoms with Crippen molar-refractivity contribution < 1.29 is 14.6 Å². The van der Waals surface area contributed by atoms with Crippen LogP contribution in [0.5, 0.6) is 0 Å². The highest BCUT2D eigenvalue weighted by molar-refractivity contribution is 6.16. The van der Waals surface area contributed by atoms with E-state index in [1.54, 1.807) is 12.1 Å². The third-order valence-corrected chi connectivity index (χ3v) is 3.91. The second-order valence-electron chi connectivity index (χ2n) is 5.02. The van der Waals surface area contributed by atoms with Crippen molar-refractivity contribution in [2.24, 2.45) is 0 Å². The average molecular weight is 295 g/mol. The summed E-state index contributed by atoms with van der Waals surface area (Å²) in [6.45, 7) is 3.32. The lowest BCUT2D eigenvalue weighted by Crippen LogP contribution is -2.31. The van der Waals surface area contributed by atoms with Gasteiger partial charge in [-0.1, -0.05) is 0 Å². The lowest BCUT2D eigenvalue weighted by atomic mass is 10.1. The lowest BCUT2D eigenvalue weighted by Gasteiger charge is -2.27. The van der Waals surface area contributed by atoms with Crippen LogP contribution in [-0.2, 0) is 17.2 Å². The summed E-state index contributed by atoms with van der Waals surface area (Å²) in [6.07, 6.45) is 1.18. The third kappa shape index (κ3) is 2.17. The molecular weight excluding hydrogens is 280 g/mol. The second-order valence-corrected chi connectivity index (χ2v) is 5.29. The van der Waals surface area contributed by atoms with Crippen molar-refractivity contribution >= 4 is 28.6 Å². The Bertz CT molecular complexity index is 677. The summed E-state index contributed by atoms with van der Waals surface area (Å²) < 4.78 is 7.43. The molecule has 6 heteroatoms. The molecule has 1 aromatic heterocycles. The first-order valence-corrected chi connectivity index (χ1v) is 7.04. The number of nitrogens with zero attached hydrogens (tertiary/aromatic N) is 2. The predicted molar refractivity (Wildman–Crippen MR) is 75.3 cm³/mol. The molecule has 20 heavy (non-hydrogen) atoms. The van der Waals surface area contributed by atoms with E-state index in [2.05, 4.69) is 4.98 Å². The van der Waals surface area contributed by atoms with Gasteiger partial charge in [0.25, 0.3) is 0 Å². The van der Waals surface area contributed by atoms with Crippen molar-refractivity contribution in [1.82, 2.24) is 9.55 Å². The number of imidazole rings is 1. The first-order chi connectivity index (χ1) is 9.60. The van der Waals surface area contributed by atoms with E-state index in [4.69, 9.17) is 16.3 Å². The second kappa shape index (κ2) is 5.07. The zero-order chi connectivity index (χ0) is 14.3. The van der Waals surface area contributed by atoms with Gasteiger partial charge in [-0.25, -0.2) is 9.78 Å². The summed E-state index contributed by atoms with van der Waals surface area (Å²) >= 11 is 5.96. The average Bonchev–Trinajstić information content (AvgIpc) is 2.72. The van der Waals surface area contributed by atoms with Crippen LogP contribution in [-0.4, -0.2) is 33.3 Å². The van der Waals surface area contributed by atoms with Gasteiger partial charge in [-0.05, 0) is 31.0 Å². The number of ether oxygens (including phenoxy) is 1. The highest BCUT2D eigenvalue weighted by Crippen LogP contribution is 2.25. The summed E-state index contributed by atoms with van der Waals surface area (Å²) in [5.74, 6) is 0.112. The molecule has 0 aliphatic carbocycles. The van der Waals surface area contributed by atoms with E-state index in [0.29, 0.717) is 12.4 Å². The molecule has 106 valence electrons. The Balaban J connectivity index is 2.15. The number of rotatable bonds is 4. The Hall–Kier alpha value is -1.59. The third-order valence-electron chi connectivity index (χ3n) is 3.67. The number of benzene rings is 1. The minimum atomic E-state index is -0.935. The van der Waals surface area contributed by atoms with E-state index in [0.717, 1.165) is 35.4 Å². The van der Waals surface area contributed by atoms with Crippen LogP contribution in [0.2, 0.25) is 0 Å². The Morgan fingerprint density at radius 2 is 2.35 bits per heavy atom. The van der Waals surface area contributed by atoms with Gasteiger partial charge in [-0.15, -0.1) is 11.6 Å². The van der Waals surface area contributed by atoms with Crippen molar-refractivity contribution in [3.63, 3.8) is 0 Å². The molecule has 1 atom stereocenters. The maximum absolute atomic E-state index is 11.2. The summed E-state index contributed by atoms with van der Waals surface area (Å²) in [7, 11) is 0. The van der Waals surface area contributed by atoms with Gasteiger partial charge in [0.05, 0.1) is 35.1 Å². The van der Waals surface area contributed by atoms with E-state index in [1.807, 2.05) is 11.5 Å². The van der Waals surface area contributed by atoms with Crippen molar-refractivity contribution in [3.05, 3.63) is 29.1 Å². The van der Waals surface area contributed by atoms with E-state index in [-0.39, 0.29) is 11.7 Å². The number of aryl methyl sites for hydroxylation is 1. The van der Waals surface area contributed by atoms with Gasteiger partial charge in [0.2, 0.25) is 0 Å². The smallest absolute Gasteiger partial charge is 0.335 e. The molecule has 1 aromatic carbocycles. The molecule has 1 aliphatic heterocycles. The number of aromatic carboxylic acids is 1. The fourth-order valence-corrected chi connectivity index (χ4v) is 2.71. The van der Waals surface area contributed by atoms with Gasteiger partial charge >= 0.3 is 5.97 Å². The van der Waals surface area contributed by atoms with Gasteiger partial charge in [0.1, 0.15) is 5.82 Å². The molecule has 2 heterocycles. The van der Waals surface area contributed by atoms with Gasteiger partial charge in [0.15, 0.2) is 0 Å². The summed E-state index contributed by atoms with van der Waals surface area (Å²) in [5, 5.41) is 9.18. The maximum Gasteiger partial charge on any atom is 0.335 e. The van der Waals surface area contributed by atoms with Crippen molar-refractivity contribution in [2.45, 2.75) is 31.9 Å². The molecule has 0 bridgehead atoms. The molecule has 1 aliphatic rings. The van der Waals surface area contributed by atoms with Crippen LogP contribution in [0.3, 0.4) is 0 Å². The molecule has 0 spiro atoms. The van der Waals surface area contributed by atoms with Crippen LogP contribution >= 0.6 is 11.6 Å². The fourth-order valence-electron chi connectivity index (χ4n) is 2.50. The maximum atomic E-state index is 11.2. The molecule has 1 fully saturated rings. The van der Waals surface area contributed by atoms with Crippen LogP contribution in [0.4, 0.5) is 0 Å². The van der Waals surface area contributed by atoms with E-state index in [1.165, 1.54) is 0 Å². The number of aromatic nitrogens is 2. The van der Waals surface area contributed by atoms with E-state index >= 15 is 0 Å². The summed E-state index contributed by atoms with van der Waals surface area (Å²) in [6, 6.07) is 3.30. The van der Waals surface area contributed by atoms with Gasteiger partial charge in [0, 0.05) is 6.61 Å². The van der Waals surface area contributed by atoms with Crippen LogP contribution in [0.1, 0.15) is 28.2 Å². The minimum absolute atomic E-state index is 0.170.